The van der Waals surface area contributed by atoms with E-state index in [0.29, 0.717) is 0 Å². The number of rotatable bonds is 10. The first kappa shape index (κ1) is 27.6. The van der Waals surface area contributed by atoms with Gasteiger partial charge in [0.05, 0.1) is 6.04 Å². The Balaban J connectivity index is 1.33. The molecule has 5 rings (SSSR count). The summed E-state index contributed by atoms with van der Waals surface area (Å²) < 4.78 is 0. The van der Waals surface area contributed by atoms with Crippen LogP contribution in [0.15, 0.2) is 97.3 Å². The number of carbonyl (C=O) groups is 1. The summed E-state index contributed by atoms with van der Waals surface area (Å²) in [6.45, 7) is 10.1. The average Bonchev–Trinajstić information content (AvgIpc) is 3.02. The number of aromatic nitrogens is 1. The third-order valence-electron chi connectivity index (χ3n) is 7.69. The second kappa shape index (κ2) is 13.4. The summed E-state index contributed by atoms with van der Waals surface area (Å²) >= 11 is 0. The molecule has 0 spiro atoms. The number of carbonyl (C=O) groups excluding carboxylic acids is 1. The maximum absolute atomic E-state index is 12.9. The third-order valence-corrected chi connectivity index (χ3v) is 7.69. The van der Waals surface area contributed by atoms with Gasteiger partial charge in [-0.2, -0.15) is 0 Å². The summed E-state index contributed by atoms with van der Waals surface area (Å²) in [5.74, 6) is 0.0925. The van der Waals surface area contributed by atoms with Gasteiger partial charge in [-0.25, -0.2) is 0 Å². The van der Waals surface area contributed by atoms with E-state index in [1.165, 1.54) is 22.3 Å². The molecule has 1 aromatic heterocycles. The van der Waals surface area contributed by atoms with Gasteiger partial charge < -0.3 is 15.5 Å². The number of nitrogens with zero attached hydrogens (tertiary/aromatic N) is 3. The van der Waals surface area contributed by atoms with E-state index in [0.717, 1.165) is 62.6 Å². The Morgan fingerprint density at radius 2 is 1.65 bits per heavy atom. The summed E-state index contributed by atoms with van der Waals surface area (Å²) in [6, 6.07) is 29.8. The van der Waals surface area contributed by atoms with Crippen LogP contribution in [-0.2, 0) is 6.54 Å². The second-order valence-electron chi connectivity index (χ2n) is 10.2. The van der Waals surface area contributed by atoms with Crippen molar-refractivity contribution in [2.45, 2.75) is 26.4 Å². The van der Waals surface area contributed by atoms with E-state index in [-0.39, 0.29) is 11.9 Å². The summed E-state index contributed by atoms with van der Waals surface area (Å²) in [6.07, 6.45) is 3.69. The Kier molecular flexibility index (Phi) is 9.22. The Hall–Kier alpha value is -4.00. The fraction of sp³-hybridized carbons (Fsp3) is 0.294. The molecule has 206 valence electrons. The molecule has 4 aromatic rings. The first-order valence-corrected chi connectivity index (χ1v) is 14.3. The van der Waals surface area contributed by atoms with Crippen molar-refractivity contribution in [1.82, 2.24) is 20.1 Å². The fourth-order valence-electron chi connectivity index (χ4n) is 5.43. The fourth-order valence-corrected chi connectivity index (χ4v) is 5.43. The lowest BCUT2D eigenvalue weighted by Gasteiger charge is -2.36. The van der Waals surface area contributed by atoms with Crippen molar-refractivity contribution >= 4 is 11.6 Å². The molecule has 3 aromatic carbocycles. The van der Waals surface area contributed by atoms with Gasteiger partial charge in [-0.05, 0) is 72.0 Å². The van der Waals surface area contributed by atoms with Crippen molar-refractivity contribution in [3.05, 3.63) is 120 Å². The molecule has 0 aliphatic carbocycles. The summed E-state index contributed by atoms with van der Waals surface area (Å²) in [5.41, 5.74) is 7.83. The number of amides is 1. The molecule has 2 N–H and O–H groups in total. The van der Waals surface area contributed by atoms with Crippen molar-refractivity contribution in [1.29, 1.82) is 0 Å². The molecule has 0 saturated carbocycles. The molecule has 2 heterocycles. The Morgan fingerprint density at radius 1 is 0.900 bits per heavy atom. The minimum Gasteiger partial charge on any atom is -0.381 e. The number of piperazine rings is 1. The molecule has 1 saturated heterocycles. The Bertz CT molecular complexity index is 1360. The van der Waals surface area contributed by atoms with E-state index in [9.17, 15) is 4.79 Å². The number of benzene rings is 3. The van der Waals surface area contributed by atoms with Crippen LogP contribution < -0.4 is 10.6 Å². The monoisotopic (exact) mass is 533 g/mol. The van der Waals surface area contributed by atoms with E-state index in [4.69, 9.17) is 0 Å². The van der Waals surface area contributed by atoms with Crippen LogP contribution in [0.3, 0.4) is 0 Å². The van der Waals surface area contributed by atoms with Crippen molar-refractivity contribution in [3.8, 4) is 11.1 Å². The summed E-state index contributed by atoms with van der Waals surface area (Å²) in [4.78, 5) is 21.5. The number of hydrogen-bond acceptors (Lipinski definition) is 5. The molecule has 1 fully saturated rings. The maximum Gasteiger partial charge on any atom is 0.253 e. The van der Waals surface area contributed by atoms with Crippen molar-refractivity contribution in [3.63, 3.8) is 0 Å². The van der Waals surface area contributed by atoms with Gasteiger partial charge in [0.1, 0.15) is 0 Å². The zero-order valence-electron chi connectivity index (χ0n) is 23.5. The van der Waals surface area contributed by atoms with Crippen LogP contribution in [0.2, 0.25) is 0 Å². The van der Waals surface area contributed by atoms with Gasteiger partial charge in [-0.3, -0.25) is 14.7 Å². The minimum absolute atomic E-state index is 0.0925. The van der Waals surface area contributed by atoms with Crippen LogP contribution in [0, 0.1) is 0 Å². The van der Waals surface area contributed by atoms with Gasteiger partial charge in [0.15, 0.2) is 0 Å². The van der Waals surface area contributed by atoms with E-state index >= 15 is 0 Å². The van der Waals surface area contributed by atoms with Crippen LogP contribution in [0.25, 0.3) is 11.1 Å². The summed E-state index contributed by atoms with van der Waals surface area (Å²) in [5, 5.41) is 7.10. The maximum atomic E-state index is 12.9. The first-order valence-electron chi connectivity index (χ1n) is 14.3. The molecule has 40 heavy (non-hydrogen) atoms. The van der Waals surface area contributed by atoms with E-state index < -0.39 is 0 Å². The van der Waals surface area contributed by atoms with Crippen LogP contribution in [0.1, 0.15) is 46.9 Å². The van der Waals surface area contributed by atoms with Crippen LogP contribution >= 0.6 is 0 Å². The number of anilines is 1. The lowest BCUT2D eigenvalue weighted by atomic mass is 9.95. The van der Waals surface area contributed by atoms with Crippen molar-refractivity contribution in [2.24, 2.45) is 0 Å². The summed E-state index contributed by atoms with van der Waals surface area (Å²) in [7, 11) is 0. The molecule has 0 unspecified atom stereocenters. The van der Waals surface area contributed by atoms with Crippen LogP contribution in [-0.4, -0.2) is 60.0 Å². The van der Waals surface area contributed by atoms with E-state index in [1.807, 2.05) is 43.1 Å². The van der Waals surface area contributed by atoms with Gasteiger partial charge in [0.2, 0.25) is 0 Å². The predicted octanol–water partition coefficient (Wildman–Crippen LogP) is 5.84. The average molecular weight is 534 g/mol. The molecular weight excluding hydrogens is 494 g/mol. The quantitative estimate of drug-likeness (QED) is 0.268. The molecule has 6 heteroatoms. The molecular formula is C34H39N5O. The molecule has 0 bridgehead atoms. The smallest absolute Gasteiger partial charge is 0.253 e. The minimum atomic E-state index is 0.0925. The molecule has 6 nitrogen and oxygen atoms in total. The van der Waals surface area contributed by atoms with Gasteiger partial charge in [0.25, 0.3) is 5.91 Å². The van der Waals surface area contributed by atoms with Crippen molar-refractivity contribution in [2.75, 3.05) is 44.6 Å². The van der Waals surface area contributed by atoms with Gasteiger partial charge >= 0.3 is 0 Å². The molecule has 0 radical (unpaired) electrons. The zero-order chi connectivity index (χ0) is 27.7. The lowest BCUT2D eigenvalue weighted by molar-refractivity contribution is 0.0773. The SMILES string of the molecule is CCN(CC)C(=O)c1ccc([C@@H](c2cccc(NCc3ccc(-c4cccnc4)cc3)c2)N2CCNCC2)cc1. The molecule has 1 amide bonds. The largest absolute Gasteiger partial charge is 0.381 e. The number of pyridine rings is 1. The highest BCUT2D eigenvalue weighted by Crippen LogP contribution is 2.31. The first-order chi connectivity index (χ1) is 19.7. The van der Waals surface area contributed by atoms with E-state index in [1.54, 1.807) is 6.20 Å². The second-order valence-corrected chi connectivity index (χ2v) is 10.2. The molecule has 1 aliphatic heterocycles. The molecule has 1 atom stereocenters. The number of nitrogens with one attached hydrogen (secondary N) is 2. The third kappa shape index (κ3) is 6.58. The van der Waals surface area contributed by atoms with Crippen LogP contribution in [0.5, 0.6) is 0 Å². The lowest BCUT2D eigenvalue weighted by Crippen LogP contribution is -2.45. The van der Waals surface area contributed by atoms with Gasteiger partial charge in [-0.1, -0.05) is 54.6 Å². The zero-order valence-corrected chi connectivity index (χ0v) is 23.5. The highest BCUT2D eigenvalue weighted by molar-refractivity contribution is 5.94. The highest BCUT2D eigenvalue weighted by atomic mass is 16.2. The Morgan fingerprint density at radius 3 is 2.33 bits per heavy atom. The standard InChI is InChI=1S/C34H39N5O/c1-3-38(4-2)34(40)29-16-14-28(15-17-29)33(39-21-19-35-20-22-39)30-7-5-9-32(23-30)37-24-26-10-12-27(13-11-26)31-8-6-18-36-25-31/h5-18,23,25,33,35,37H,3-4,19-22,24H2,1-2H3/t33-/m0/s1. The van der Waals surface area contributed by atoms with E-state index in [2.05, 4.69) is 87.2 Å². The number of hydrogen-bond donors (Lipinski definition) is 2. The van der Waals surface area contributed by atoms with Gasteiger partial charge in [-0.15, -0.1) is 0 Å². The topological polar surface area (TPSA) is 60.5 Å². The van der Waals surface area contributed by atoms with Crippen LogP contribution in [0.4, 0.5) is 5.69 Å². The molecule has 1 aliphatic rings. The predicted molar refractivity (Wildman–Crippen MR) is 163 cm³/mol. The highest BCUT2D eigenvalue weighted by Gasteiger charge is 2.24. The Labute approximate surface area is 238 Å². The van der Waals surface area contributed by atoms with Crippen molar-refractivity contribution < 1.29 is 4.79 Å². The normalized spacial score (nSPS) is 14.4. The van der Waals surface area contributed by atoms with Gasteiger partial charge in [0, 0.05) is 69.5 Å².